The van der Waals surface area contributed by atoms with Gasteiger partial charge in [-0.2, -0.15) is 0 Å². The maximum atomic E-state index is 10.1. The fourth-order valence-electron chi connectivity index (χ4n) is 1.26. The van der Waals surface area contributed by atoms with Crippen molar-refractivity contribution in [2.45, 2.75) is 19.3 Å². The van der Waals surface area contributed by atoms with E-state index in [-0.39, 0.29) is 5.90 Å². The molecule has 4 nitrogen and oxygen atoms in total. The number of hydrogen-bond donors (Lipinski definition) is 2. The molecule has 16 heavy (non-hydrogen) atoms. The monoisotopic (exact) mass is 241 g/mol. The van der Waals surface area contributed by atoms with Crippen molar-refractivity contribution >= 4 is 23.7 Å². The molecule has 0 heterocycles. The van der Waals surface area contributed by atoms with Crippen molar-refractivity contribution < 1.29 is 14.6 Å². The summed E-state index contributed by atoms with van der Waals surface area (Å²) in [6, 6.07) is 7.42. The summed E-state index contributed by atoms with van der Waals surface area (Å²) in [5, 5.41) is 16.1. The number of benzene rings is 1. The summed E-state index contributed by atoms with van der Waals surface area (Å²) < 4.78 is 4.19. The van der Waals surface area contributed by atoms with Gasteiger partial charge >= 0.3 is 6.16 Å². The first-order chi connectivity index (χ1) is 7.58. The largest absolute Gasteiger partial charge is 0.512 e. The maximum Gasteiger partial charge on any atom is 0.512 e. The molecule has 1 aromatic rings. The van der Waals surface area contributed by atoms with E-state index in [0.29, 0.717) is 17.9 Å². The Morgan fingerprint density at radius 1 is 1.38 bits per heavy atom. The van der Waals surface area contributed by atoms with Crippen LogP contribution in [0, 0.1) is 5.41 Å². The zero-order valence-electron chi connectivity index (χ0n) is 8.57. The van der Waals surface area contributed by atoms with Gasteiger partial charge in [0.05, 0.1) is 0 Å². The summed E-state index contributed by atoms with van der Waals surface area (Å²) in [7, 11) is 0. The normalized spacial score (nSPS) is 9.81. The van der Waals surface area contributed by atoms with E-state index in [1.807, 2.05) is 12.1 Å². The van der Waals surface area contributed by atoms with Crippen LogP contribution in [0.4, 0.5) is 4.79 Å². The standard InChI is InChI=1S/C11H12ClNO3/c12-9-6-4-8(5-7-9)2-1-3-10(13)16-11(14)15/h4-7,13H,1-3H2,(H,14,15). The minimum absolute atomic E-state index is 0.221. The third-order valence-corrected chi connectivity index (χ3v) is 2.25. The highest BCUT2D eigenvalue weighted by molar-refractivity contribution is 6.30. The van der Waals surface area contributed by atoms with E-state index in [9.17, 15) is 4.79 Å². The predicted molar refractivity (Wildman–Crippen MR) is 61.2 cm³/mol. The van der Waals surface area contributed by atoms with Gasteiger partial charge in [0.25, 0.3) is 0 Å². The Bertz CT molecular complexity index is 375. The van der Waals surface area contributed by atoms with E-state index >= 15 is 0 Å². The highest BCUT2D eigenvalue weighted by Crippen LogP contribution is 2.11. The molecular weight excluding hydrogens is 230 g/mol. The van der Waals surface area contributed by atoms with Crippen LogP contribution in [0.1, 0.15) is 18.4 Å². The smallest absolute Gasteiger partial charge is 0.449 e. The van der Waals surface area contributed by atoms with Crippen LogP contribution in [-0.2, 0) is 11.2 Å². The van der Waals surface area contributed by atoms with Gasteiger partial charge in [-0.25, -0.2) is 4.79 Å². The van der Waals surface area contributed by atoms with Crippen LogP contribution in [-0.4, -0.2) is 17.2 Å². The van der Waals surface area contributed by atoms with Gasteiger partial charge in [0.1, 0.15) is 0 Å². The molecule has 0 saturated carbocycles. The zero-order chi connectivity index (χ0) is 12.0. The van der Waals surface area contributed by atoms with Crippen LogP contribution in [0.5, 0.6) is 0 Å². The molecule has 86 valence electrons. The number of halogens is 1. The van der Waals surface area contributed by atoms with E-state index in [4.69, 9.17) is 22.1 Å². The number of hydrogen-bond acceptors (Lipinski definition) is 3. The summed E-state index contributed by atoms with van der Waals surface area (Å²) in [5.41, 5.74) is 1.10. The number of carbonyl (C=O) groups is 1. The molecule has 0 unspecified atom stereocenters. The molecule has 0 spiro atoms. The van der Waals surface area contributed by atoms with Crippen LogP contribution in [0.25, 0.3) is 0 Å². The topological polar surface area (TPSA) is 70.4 Å². The van der Waals surface area contributed by atoms with Gasteiger partial charge in [-0.15, -0.1) is 0 Å². The lowest BCUT2D eigenvalue weighted by Gasteiger charge is -2.02. The lowest BCUT2D eigenvalue weighted by atomic mass is 10.1. The average molecular weight is 242 g/mol. The molecule has 0 saturated heterocycles. The number of rotatable bonds is 4. The van der Waals surface area contributed by atoms with Gasteiger partial charge < -0.3 is 9.84 Å². The molecule has 0 amide bonds. The van der Waals surface area contributed by atoms with Gasteiger partial charge in [0, 0.05) is 11.4 Å². The Labute approximate surface area is 98.3 Å². The van der Waals surface area contributed by atoms with Crippen molar-refractivity contribution in [1.29, 1.82) is 5.41 Å². The molecule has 0 aliphatic heterocycles. The van der Waals surface area contributed by atoms with E-state index in [1.165, 1.54) is 0 Å². The van der Waals surface area contributed by atoms with E-state index in [1.54, 1.807) is 12.1 Å². The number of nitrogens with one attached hydrogen (secondary N) is 1. The van der Waals surface area contributed by atoms with Crippen molar-refractivity contribution in [2.75, 3.05) is 0 Å². The maximum absolute atomic E-state index is 10.1. The molecule has 0 aliphatic rings. The minimum Gasteiger partial charge on any atom is -0.449 e. The summed E-state index contributed by atoms with van der Waals surface area (Å²) in [6.45, 7) is 0. The van der Waals surface area contributed by atoms with Gasteiger partial charge in [0.15, 0.2) is 5.90 Å². The van der Waals surface area contributed by atoms with Crippen LogP contribution in [0.15, 0.2) is 24.3 Å². The molecule has 0 bridgehead atoms. The first-order valence-electron chi connectivity index (χ1n) is 4.80. The Morgan fingerprint density at radius 3 is 2.56 bits per heavy atom. The third-order valence-electron chi connectivity index (χ3n) is 1.99. The molecule has 1 aromatic carbocycles. The summed E-state index contributed by atoms with van der Waals surface area (Å²) in [5.74, 6) is -0.221. The zero-order valence-corrected chi connectivity index (χ0v) is 9.33. The lowest BCUT2D eigenvalue weighted by Crippen LogP contribution is -2.08. The number of ether oxygens (including phenoxy) is 1. The average Bonchev–Trinajstić information content (AvgIpc) is 2.20. The summed E-state index contributed by atoms with van der Waals surface area (Å²) in [6.07, 6.45) is 0.321. The highest BCUT2D eigenvalue weighted by Gasteiger charge is 2.03. The quantitative estimate of drug-likeness (QED) is 0.483. The second-order valence-corrected chi connectivity index (χ2v) is 3.71. The van der Waals surface area contributed by atoms with Crippen LogP contribution >= 0.6 is 11.6 Å². The van der Waals surface area contributed by atoms with Crippen LogP contribution in [0.3, 0.4) is 0 Å². The van der Waals surface area contributed by atoms with Crippen molar-refractivity contribution in [2.24, 2.45) is 0 Å². The summed E-state index contributed by atoms with van der Waals surface area (Å²) >= 11 is 5.73. The highest BCUT2D eigenvalue weighted by atomic mass is 35.5. The van der Waals surface area contributed by atoms with Gasteiger partial charge in [-0.1, -0.05) is 23.7 Å². The molecule has 0 radical (unpaired) electrons. The molecule has 2 N–H and O–H groups in total. The van der Waals surface area contributed by atoms with E-state index in [2.05, 4.69) is 4.74 Å². The van der Waals surface area contributed by atoms with Crippen molar-refractivity contribution in [1.82, 2.24) is 0 Å². The predicted octanol–water partition coefficient (Wildman–Crippen LogP) is 3.33. The van der Waals surface area contributed by atoms with Crippen molar-refractivity contribution in [3.63, 3.8) is 0 Å². The number of carboxylic acid groups (broad SMARTS) is 1. The Balaban J connectivity index is 2.28. The van der Waals surface area contributed by atoms with Gasteiger partial charge in [0.2, 0.25) is 0 Å². The molecule has 1 rings (SSSR count). The molecule has 0 aliphatic carbocycles. The van der Waals surface area contributed by atoms with E-state index < -0.39 is 6.16 Å². The molecule has 0 fully saturated rings. The molecule has 0 aromatic heterocycles. The second kappa shape index (κ2) is 6.12. The first kappa shape index (κ1) is 12.5. The molecule has 5 heteroatoms. The van der Waals surface area contributed by atoms with Crippen LogP contribution in [0.2, 0.25) is 5.02 Å². The fraction of sp³-hybridized carbons (Fsp3) is 0.273. The van der Waals surface area contributed by atoms with Crippen molar-refractivity contribution in [3.8, 4) is 0 Å². The SMILES string of the molecule is N=C(CCCc1ccc(Cl)cc1)OC(=O)O. The minimum atomic E-state index is -1.43. The Kier molecular flexibility index (Phi) is 4.79. The number of aryl methyl sites for hydroxylation is 1. The second-order valence-electron chi connectivity index (χ2n) is 3.27. The lowest BCUT2D eigenvalue weighted by molar-refractivity contribution is 0.139. The fourth-order valence-corrected chi connectivity index (χ4v) is 1.39. The third kappa shape index (κ3) is 4.79. The van der Waals surface area contributed by atoms with Gasteiger partial charge in [-0.3, -0.25) is 5.41 Å². The van der Waals surface area contributed by atoms with Crippen LogP contribution < -0.4 is 0 Å². The Hall–Kier alpha value is -1.55. The molecular formula is C11H12ClNO3. The molecule has 0 atom stereocenters. The summed E-state index contributed by atoms with van der Waals surface area (Å²) in [4.78, 5) is 10.1. The van der Waals surface area contributed by atoms with Crippen molar-refractivity contribution in [3.05, 3.63) is 34.9 Å². The Morgan fingerprint density at radius 2 is 2.00 bits per heavy atom. The van der Waals surface area contributed by atoms with Gasteiger partial charge in [-0.05, 0) is 30.5 Å². The van der Waals surface area contributed by atoms with E-state index in [0.717, 1.165) is 12.0 Å². The first-order valence-corrected chi connectivity index (χ1v) is 5.18.